The number of rotatable bonds is 6. The minimum Gasteiger partial charge on any atom is -0.444 e. The second-order valence-electron chi connectivity index (χ2n) is 10.4. The Hall–Kier alpha value is -3.95. The minimum atomic E-state index is -0.535. The van der Waals surface area contributed by atoms with Crippen molar-refractivity contribution in [2.24, 2.45) is 0 Å². The Balaban J connectivity index is 1.55. The predicted octanol–water partition coefficient (Wildman–Crippen LogP) is 4.51. The molecule has 1 N–H and O–H groups in total. The maximum Gasteiger partial charge on any atom is 0.410 e. The smallest absolute Gasteiger partial charge is 0.410 e. The normalized spacial score (nSPS) is 17.2. The average Bonchev–Trinajstić information content (AvgIpc) is 3.31. The van der Waals surface area contributed by atoms with Gasteiger partial charge in [-0.2, -0.15) is 5.10 Å². The van der Waals surface area contributed by atoms with Crippen molar-refractivity contribution in [1.82, 2.24) is 24.6 Å². The van der Waals surface area contributed by atoms with Crippen molar-refractivity contribution in [3.8, 4) is 11.1 Å². The predicted molar refractivity (Wildman–Crippen MR) is 142 cm³/mol. The molecule has 1 aliphatic rings. The quantitative estimate of drug-likeness (QED) is 0.526. The molecule has 2 amide bonds. The molecule has 0 fully saturated rings. The number of aromatic nitrogens is 4. The molecule has 4 rings (SSSR count). The second kappa shape index (κ2) is 10.6. The number of nitrogens with one attached hydrogen (secondary N) is 1. The third-order valence-corrected chi connectivity index (χ3v) is 6.24. The van der Waals surface area contributed by atoms with Gasteiger partial charge in [0, 0.05) is 56.4 Å². The van der Waals surface area contributed by atoms with Gasteiger partial charge in [0.05, 0.1) is 25.0 Å². The van der Waals surface area contributed by atoms with E-state index in [0.717, 1.165) is 28.8 Å². The molecule has 1 aliphatic heterocycles. The largest absolute Gasteiger partial charge is 0.444 e. The summed E-state index contributed by atoms with van der Waals surface area (Å²) in [6.45, 7) is 10.2. The van der Waals surface area contributed by atoms with Crippen LogP contribution >= 0.6 is 0 Å². The van der Waals surface area contributed by atoms with E-state index in [9.17, 15) is 9.59 Å². The molecule has 0 spiro atoms. The molecule has 0 saturated heterocycles. The van der Waals surface area contributed by atoms with E-state index in [2.05, 4.69) is 33.4 Å². The van der Waals surface area contributed by atoms with E-state index < -0.39 is 5.60 Å². The van der Waals surface area contributed by atoms with Crippen molar-refractivity contribution in [1.29, 1.82) is 0 Å². The first-order chi connectivity index (χ1) is 17.5. The molecule has 0 saturated carbocycles. The third-order valence-electron chi connectivity index (χ3n) is 6.24. The van der Waals surface area contributed by atoms with Gasteiger partial charge >= 0.3 is 6.09 Å². The summed E-state index contributed by atoms with van der Waals surface area (Å²) in [4.78, 5) is 36.6. The van der Waals surface area contributed by atoms with Crippen molar-refractivity contribution >= 4 is 23.5 Å². The summed E-state index contributed by atoms with van der Waals surface area (Å²) in [5.74, 6) is 0.704. The molecular weight excluding hydrogens is 470 g/mol. The molecule has 37 heavy (non-hydrogen) atoms. The van der Waals surface area contributed by atoms with Crippen LogP contribution < -0.4 is 10.2 Å². The van der Waals surface area contributed by atoms with Crippen LogP contribution in [0.15, 0.2) is 49.2 Å². The average molecular weight is 506 g/mol. The summed E-state index contributed by atoms with van der Waals surface area (Å²) in [6, 6.07) is 6.13. The van der Waals surface area contributed by atoms with Gasteiger partial charge < -0.3 is 19.9 Å². The van der Waals surface area contributed by atoms with Crippen LogP contribution in [-0.2, 0) is 16.1 Å². The minimum absolute atomic E-state index is 0.0152. The highest BCUT2D eigenvalue weighted by atomic mass is 16.6. The molecule has 10 heteroatoms. The summed E-state index contributed by atoms with van der Waals surface area (Å²) in [5, 5.41) is 7.98. The summed E-state index contributed by atoms with van der Waals surface area (Å²) >= 11 is 0. The number of ether oxygens (including phenoxy) is 1. The van der Waals surface area contributed by atoms with Gasteiger partial charge in [-0.15, -0.1) is 0 Å². The molecule has 1 aromatic carbocycles. The Morgan fingerprint density at radius 1 is 1.19 bits per heavy atom. The van der Waals surface area contributed by atoms with E-state index in [1.165, 1.54) is 0 Å². The van der Waals surface area contributed by atoms with Crippen LogP contribution in [0, 0.1) is 0 Å². The molecular formula is C27H35N7O3. The van der Waals surface area contributed by atoms with E-state index in [1.54, 1.807) is 37.5 Å². The Kier molecular flexibility index (Phi) is 7.47. The van der Waals surface area contributed by atoms with Crippen molar-refractivity contribution in [2.75, 3.05) is 23.8 Å². The molecule has 0 aliphatic carbocycles. The van der Waals surface area contributed by atoms with Crippen LogP contribution in [0.3, 0.4) is 0 Å². The number of fused-ring (bicyclic) bond motifs is 1. The van der Waals surface area contributed by atoms with E-state index in [4.69, 9.17) is 4.74 Å². The first kappa shape index (κ1) is 26.1. The van der Waals surface area contributed by atoms with E-state index in [1.807, 2.05) is 54.9 Å². The zero-order chi connectivity index (χ0) is 26.7. The number of nitrogens with zero attached hydrogens (tertiary/aromatic N) is 6. The number of likely N-dealkylation sites (N-methyl/N-ethyl adjacent to an activating group) is 1. The van der Waals surface area contributed by atoms with Crippen LogP contribution in [-0.4, -0.2) is 61.9 Å². The highest BCUT2D eigenvalue weighted by Gasteiger charge is 2.33. The van der Waals surface area contributed by atoms with Crippen molar-refractivity contribution < 1.29 is 14.3 Å². The maximum absolute atomic E-state index is 12.5. The Labute approximate surface area is 217 Å². The third kappa shape index (κ3) is 6.25. The number of hydrogen-bond acceptors (Lipinski definition) is 7. The molecule has 0 unspecified atom stereocenters. The number of benzene rings is 1. The molecule has 2 atom stereocenters. The van der Waals surface area contributed by atoms with E-state index in [0.29, 0.717) is 18.9 Å². The van der Waals surface area contributed by atoms with Gasteiger partial charge in [-0.1, -0.05) is 6.07 Å². The fourth-order valence-electron chi connectivity index (χ4n) is 4.53. The Bertz CT molecular complexity index is 1250. The van der Waals surface area contributed by atoms with Gasteiger partial charge in [-0.25, -0.2) is 9.78 Å². The topological polar surface area (TPSA) is 105 Å². The standard InChI is InChI=1S/C27H35N7O3/c1-18-13-23(31-25-16-28-9-10-29-25)22-14-20(7-8-24(22)34(18)19(2)35)21-15-30-33(17-21)12-11-32(6)26(36)37-27(3,4)5/h7-10,14-18,23H,11-13H2,1-6H3,(H,29,31)/t18-,23+/m0/s1. The lowest BCUT2D eigenvalue weighted by atomic mass is 9.89. The van der Waals surface area contributed by atoms with Gasteiger partial charge in [0.15, 0.2) is 0 Å². The molecule has 3 aromatic rings. The number of amides is 2. The molecule has 0 bridgehead atoms. The zero-order valence-electron chi connectivity index (χ0n) is 22.3. The molecule has 196 valence electrons. The lowest BCUT2D eigenvalue weighted by Gasteiger charge is -2.39. The highest BCUT2D eigenvalue weighted by molar-refractivity contribution is 5.94. The summed E-state index contributed by atoms with van der Waals surface area (Å²) < 4.78 is 7.23. The number of carbonyl (C=O) groups excluding carboxylic acids is 2. The SMILES string of the molecule is CC(=O)N1c2ccc(-c3cnn(CCN(C)C(=O)OC(C)(C)C)c3)cc2[C@H](Nc2cnccn2)C[C@@H]1C. The second-order valence-corrected chi connectivity index (χ2v) is 10.4. The highest BCUT2D eigenvalue weighted by Crippen LogP contribution is 2.40. The molecule has 0 radical (unpaired) electrons. The van der Waals surface area contributed by atoms with E-state index in [-0.39, 0.29) is 24.1 Å². The lowest BCUT2D eigenvalue weighted by Crippen LogP contribution is -2.43. The van der Waals surface area contributed by atoms with Crippen molar-refractivity contribution in [3.63, 3.8) is 0 Å². The molecule has 2 aromatic heterocycles. The number of anilines is 2. The summed E-state index contributed by atoms with van der Waals surface area (Å²) in [6.07, 6.45) is 9.15. The van der Waals surface area contributed by atoms with Crippen LogP contribution in [0.4, 0.5) is 16.3 Å². The van der Waals surface area contributed by atoms with Gasteiger partial charge in [0.2, 0.25) is 5.91 Å². The van der Waals surface area contributed by atoms with Gasteiger partial charge in [0.25, 0.3) is 0 Å². The van der Waals surface area contributed by atoms with Gasteiger partial charge in [0.1, 0.15) is 11.4 Å². The van der Waals surface area contributed by atoms with E-state index >= 15 is 0 Å². The summed E-state index contributed by atoms with van der Waals surface area (Å²) in [5.41, 5.74) is 3.33. The monoisotopic (exact) mass is 505 g/mol. The van der Waals surface area contributed by atoms with Crippen molar-refractivity contribution in [2.45, 2.75) is 65.3 Å². The van der Waals surface area contributed by atoms with Gasteiger partial charge in [-0.3, -0.25) is 14.5 Å². The molecule has 10 nitrogen and oxygen atoms in total. The zero-order valence-corrected chi connectivity index (χ0v) is 22.3. The number of hydrogen-bond donors (Lipinski definition) is 1. The fraction of sp³-hybridized carbons (Fsp3) is 0.444. The Morgan fingerprint density at radius 3 is 2.65 bits per heavy atom. The summed E-state index contributed by atoms with van der Waals surface area (Å²) in [7, 11) is 1.72. The molecule has 3 heterocycles. The Morgan fingerprint density at radius 2 is 1.97 bits per heavy atom. The van der Waals surface area contributed by atoms with Crippen LogP contribution in [0.2, 0.25) is 0 Å². The van der Waals surface area contributed by atoms with Crippen molar-refractivity contribution in [3.05, 3.63) is 54.7 Å². The maximum atomic E-state index is 12.5. The lowest BCUT2D eigenvalue weighted by molar-refractivity contribution is -0.117. The van der Waals surface area contributed by atoms with Gasteiger partial charge in [-0.05, 0) is 57.4 Å². The first-order valence-corrected chi connectivity index (χ1v) is 12.4. The van der Waals surface area contributed by atoms with Crippen LogP contribution in [0.25, 0.3) is 11.1 Å². The first-order valence-electron chi connectivity index (χ1n) is 12.4. The van der Waals surface area contributed by atoms with Crippen LogP contribution in [0.1, 0.15) is 52.6 Å². The fourth-order valence-corrected chi connectivity index (χ4v) is 4.53. The number of carbonyl (C=O) groups is 2. The van der Waals surface area contributed by atoms with Crippen LogP contribution in [0.5, 0.6) is 0 Å².